The second-order valence-corrected chi connectivity index (χ2v) is 9.04. The molecular formula is C23H44N2O. The molecule has 2 saturated heterocycles. The van der Waals surface area contributed by atoms with Crippen LogP contribution in [0.1, 0.15) is 104 Å². The van der Waals surface area contributed by atoms with Gasteiger partial charge >= 0.3 is 0 Å². The average molecular weight is 365 g/mol. The molecule has 2 heterocycles. The second kappa shape index (κ2) is 11.3. The number of likely N-dealkylation sites (tertiary alicyclic amines) is 2. The van der Waals surface area contributed by atoms with Gasteiger partial charge in [-0.05, 0) is 38.8 Å². The van der Waals surface area contributed by atoms with Gasteiger partial charge in [0.2, 0.25) is 5.91 Å². The molecular weight excluding hydrogens is 320 g/mol. The summed E-state index contributed by atoms with van der Waals surface area (Å²) in [5.74, 6) is 0.410. The lowest BCUT2D eigenvalue weighted by Gasteiger charge is -2.52. The van der Waals surface area contributed by atoms with Crippen molar-refractivity contribution in [2.45, 2.75) is 110 Å². The Kier molecular flexibility index (Phi) is 9.45. The van der Waals surface area contributed by atoms with Crippen LogP contribution < -0.4 is 0 Å². The molecule has 0 bridgehead atoms. The Hall–Kier alpha value is -0.570. The Morgan fingerprint density at radius 2 is 1.35 bits per heavy atom. The van der Waals surface area contributed by atoms with Gasteiger partial charge in [0.25, 0.3) is 0 Å². The number of nitrogens with zero attached hydrogens (tertiary/aromatic N) is 2. The summed E-state index contributed by atoms with van der Waals surface area (Å²) >= 11 is 0. The number of unbranched alkanes of at least 4 members (excludes halogenated alkanes) is 8. The lowest BCUT2D eigenvalue weighted by Crippen LogP contribution is -2.63. The van der Waals surface area contributed by atoms with Crippen LogP contribution in [0.25, 0.3) is 0 Å². The first-order valence-corrected chi connectivity index (χ1v) is 11.6. The van der Waals surface area contributed by atoms with Crippen molar-refractivity contribution >= 4 is 5.91 Å². The molecule has 0 aromatic rings. The van der Waals surface area contributed by atoms with Gasteiger partial charge in [-0.15, -0.1) is 0 Å². The predicted molar refractivity (Wildman–Crippen MR) is 111 cm³/mol. The van der Waals surface area contributed by atoms with Gasteiger partial charge in [0.15, 0.2) is 0 Å². The Balaban J connectivity index is 1.75. The maximum absolute atomic E-state index is 12.3. The van der Waals surface area contributed by atoms with Gasteiger partial charge < -0.3 is 9.80 Å². The highest BCUT2D eigenvalue weighted by Crippen LogP contribution is 2.41. The third-order valence-electron chi connectivity index (χ3n) is 6.89. The molecule has 3 nitrogen and oxygen atoms in total. The molecule has 2 aliphatic heterocycles. The van der Waals surface area contributed by atoms with E-state index in [0.29, 0.717) is 5.91 Å². The first-order valence-electron chi connectivity index (χ1n) is 11.6. The smallest absolute Gasteiger partial charge is 0.230 e. The Morgan fingerprint density at radius 1 is 0.846 bits per heavy atom. The van der Waals surface area contributed by atoms with E-state index in [9.17, 15) is 4.79 Å². The van der Waals surface area contributed by atoms with E-state index in [1.165, 1.54) is 77.0 Å². The van der Waals surface area contributed by atoms with Gasteiger partial charge in [0, 0.05) is 19.6 Å². The zero-order valence-electron chi connectivity index (χ0n) is 17.9. The largest absolute Gasteiger partial charge is 0.344 e. The molecule has 0 atom stereocenters. The van der Waals surface area contributed by atoms with Crippen molar-refractivity contribution in [3.8, 4) is 0 Å². The van der Waals surface area contributed by atoms with E-state index < -0.39 is 0 Å². The minimum absolute atomic E-state index is 0.0258. The lowest BCUT2D eigenvalue weighted by atomic mass is 9.71. The topological polar surface area (TPSA) is 23.6 Å². The maximum Gasteiger partial charge on any atom is 0.230 e. The number of carbonyl (C=O) groups is 1. The van der Waals surface area contributed by atoms with Crippen LogP contribution in [0.4, 0.5) is 0 Å². The Bertz CT molecular complexity index is 387. The second-order valence-electron chi connectivity index (χ2n) is 9.04. The molecule has 0 radical (unpaired) electrons. The zero-order valence-corrected chi connectivity index (χ0v) is 17.9. The number of piperidine rings is 1. The number of carbonyl (C=O) groups excluding carboxylic acids is 1. The highest BCUT2D eigenvalue weighted by atomic mass is 16.2. The Morgan fingerprint density at radius 3 is 1.77 bits per heavy atom. The molecule has 2 fully saturated rings. The van der Waals surface area contributed by atoms with E-state index >= 15 is 0 Å². The highest BCUT2D eigenvalue weighted by Gasteiger charge is 2.51. The first-order chi connectivity index (χ1) is 12.6. The molecule has 2 rings (SSSR count). The normalized spacial score (nSPS) is 20.2. The van der Waals surface area contributed by atoms with Crippen LogP contribution in [0.5, 0.6) is 0 Å². The summed E-state index contributed by atoms with van der Waals surface area (Å²) in [7, 11) is 1.95. The van der Waals surface area contributed by atoms with Crippen LogP contribution in [0.15, 0.2) is 0 Å². The summed E-state index contributed by atoms with van der Waals surface area (Å²) in [6.45, 7) is 7.88. The van der Waals surface area contributed by atoms with Crippen molar-refractivity contribution in [2.75, 3.05) is 26.7 Å². The summed E-state index contributed by atoms with van der Waals surface area (Å²) in [5, 5.41) is 0. The van der Waals surface area contributed by atoms with Crippen molar-refractivity contribution < 1.29 is 4.79 Å². The SMILES string of the molecule is CCCCCCCC(CCCCCCC)N1CCC2(CC1)CN(C)C2=O. The molecule has 0 aromatic heterocycles. The van der Waals surface area contributed by atoms with Gasteiger partial charge in [-0.2, -0.15) is 0 Å². The van der Waals surface area contributed by atoms with Crippen molar-refractivity contribution in [3.05, 3.63) is 0 Å². The molecule has 26 heavy (non-hydrogen) atoms. The molecule has 3 heteroatoms. The highest BCUT2D eigenvalue weighted by molar-refractivity contribution is 5.88. The number of hydrogen-bond donors (Lipinski definition) is 0. The average Bonchev–Trinajstić information content (AvgIpc) is 2.66. The molecule has 152 valence electrons. The predicted octanol–water partition coefficient (Wildman–Crippen LogP) is 5.63. The zero-order chi connectivity index (χ0) is 18.8. The number of hydrogen-bond acceptors (Lipinski definition) is 2. The molecule has 1 spiro atoms. The fourth-order valence-electron chi connectivity index (χ4n) is 5.07. The number of β-lactam (4-membered cyclic amide) rings is 1. The van der Waals surface area contributed by atoms with Gasteiger partial charge in [-0.1, -0.05) is 78.1 Å². The molecule has 0 unspecified atom stereocenters. The molecule has 1 amide bonds. The van der Waals surface area contributed by atoms with Crippen LogP contribution >= 0.6 is 0 Å². The van der Waals surface area contributed by atoms with Crippen molar-refractivity contribution in [2.24, 2.45) is 5.41 Å². The summed E-state index contributed by atoms with van der Waals surface area (Å²) in [6, 6.07) is 0.767. The van der Waals surface area contributed by atoms with E-state index in [-0.39, 0.29) is 5.41 Å². The van der Waals surface area contributed by atoms with E-state index in [0.717, 1.165) is 38.5 Å². The van der Waals surface area contributed by atoms with Gasteiger partial charge in [-0.3, -0.25) is 4.79 Å². The Labute approximate surface area is 162 Å². The third-order valence-corrected chi connectivity index (χ3v) is 6.89. The van der Waals surface area contributed by atoms with E-state index in [1.807, 2.05) is 11.9 Å². The number of amides is 1. The van der Waals surface area contributed by atoms with E-state index in [2.05, 4.69) is 18.7 Å². The summed E-state index contributed by atoms with van der Waals surface area (Å²) in [6.07, 6.45) is 18.8. The lowest BCUT2D eigenvalue weighted by molar-refractivity contribution is -0.163. The first kappa shape index (κ1) is 21.7. The van der Waals surface area contributed by atoms with Crippen LogP contribution in [-0.4, -0.2) is 48.4 Å². The summed E-state index contributed by atoms with van der Waals surface area (Å²) in [4.78, 5) is 16.9. The summed E-state index contributed by atoms with van der Waals surface area (Å²) in [5.41, 5.74) is 0.0258. The summed E-state index contributed by atoms with van der Waals surface area (Å²) < 4.78 is 0. The quantitative estimate of drug-likeness (QED) is 0.312. The van der Waals surface area contributed by atoms with Crippen molar-refractivity contribution in [1.29, 1.82) is 0 Å². The standard InChI is InChI=1S/C23H44N2O/c1-4-6-8-10-12-14-21(15-13-11-9-7-5-2)25-18-16-23(17-19-25)20-24(3)22(23)26/h21H,4-20H2,1-3H3. The van der Waals surface area contributed by atoms with Gasteiger partial charge in [-0.25, -0.2) is 0 Å². The van der Waals surface area contributed by atoms with Gasteiger partial charge in [0.1, 0.15) is 0 Å². The molecule has 0 saturated carbocycles. The van der Waals surface area contributed by atoms with E-state index in [1.54, 1.807) is 0 Å². The minimum atomic E-state index is 0.0258. The fraction of sp³-hybridized carbons (Fsp3) is 0.957. The minimum Gasteiger partial charge on any atom is -0.344 e. The van der Waals surface area contributed by atoms with Crippen LogP contribution in [0.2, 0.25) is 0 Å². The monoisotopic (exact) mass is 364 g/mol. The fourth-order valence-corrected chi connectivity index (χ4v) is 5.07. The van der Waals surface area contributed by atoms with Crippen molar-refractivity contribution in [3.63, 3.8) is 0 Å². The maximum atomic E-state index is 12.3. The molecule has 0 aliphatic carbocycles. The van der Waals surface area contributed by atoms with Crippen LogP contribution in [0.3, 0.4) is 0 Å². The van der Waals surface area contributed by atoms with Crippen LogP contribution in [-0.2, 0) is 4.79 Å². The number of rotatable bonds is 13. The van der Waals surface area contributed by atoms with E-state index in [4.69, 9.17) is 0 Å². The molecule has 0 N–H and O–H groups in total. The molecule has 2 aliphatic rings. The van der Waals surface area contributed by atoms with Crippen LogP contribution in [0, 0.1) is 5.41 Å². The van der Waals surface area contributed by atoms with Gasteiger partial charge in [0.05, 0.1) is 5.41 Å². The molecule has 0 aromatic carbocycles. The van der Waals surface area contributed by atoms with Crippen molar-refractivity contribution in [1.82, 2.24) is 9.80 Å². The third kappa shape index (κ3) is 5.97.